The molecule has 0 radical (unpaired) electrons. The Morgan fingerprint density at radius 3 is 0.727 bits per heavy atom. The summed E-state index contributed by atoms with van der Waals surface area (Å²) in [6.07, 6.45) is 11.8. The lowest BCUT2D eigenvalue weighted by atomic mass is 9.75. The Morgan fingerprint density at radius 1 is 0.284 bits per heavy atom. The maximum atomic E-state index is 12.9. The Bertz CT molecular complexity index is 2820. The van der Waals surface area contributed by atoms with Crippen LogP contribution in [-0.2, 0) is 90.2 Å². The summed E-state index contributed by atoms with van der Waals surface area (Å²) in [4.78, 5) is 87.8. The molecule has 10 rings (SSSR count). The van der Waals surface area contributed by atoms with Crippen LogP contribution < -0.4 is 0 Å². The molecule has 4 fully saturated rings. The van der Waals surface area contributed by atoms with Gasteiger partial charge in [0, 0.05) is 0 Å². The largest absolute Gasteiger partial charge is 0.461 e. The van der Waals surface area contributed by atoms with Gasteiger partial charge in [0.25, 0.3) is 0 Å². The van der Waals surface area contributed by atoms with Gasteiger partial charge in [-0.2, -0.15) is 0 Å². The highest BCUT2D eigenvalue weighted by atomic mass is 16.6. The van der Waals surface area contributed by atoms with Crippen LogP contribution in [0, 0.1) is 41.4 Å². The lowest BCUT2D eigenvalue weighted by Gasteiger charge is -2.31. The van der Waals surface area contributed by atoms with E-state index in [9.17, 15) is 33.6 Å². The maximum absolute atomic E-state index is 12.9. The first kappa shape index (κ1) is 65.6. The van der Waals surface area contributed by atoms with Crippen molar-refractivity contribution in [2.45, 2.75) is 155 Å². The Kier molecular flexibility index (Phi) is 26.0. The highest BCUT2D eigenvalue weighted by molar-refractivity contribution is 5.93. The van der Waals surface area contributed by atoms with Crippen molar-refractivity contribution >= 4 is 41.8 Å². The van der Waals surface area contributed by atoms with Gasteiger partial charge >= 0.3 is 41.8 Å². The van der Waals surface area contributed by atoms with Crippen molar-refractivity contribution < 1.29 is 66.7 Å². The molecule has 0 heterocycles. The zero-order valence-corrected chi connectivity index (χ0v) is 50.8. The van der Waals surface area contributed by atoms with Crippen LogP contribution in [0.1, 0.15) is 159 Å². The molecule has 0 N–H and O–H groups in total. The summed E-state index contributed by atoms with van der Waals surface area (Å²) in [5.41, 5.74) is 5.58. The zero-order valence-electron chi connectivity index (χ0n) is 50.8. The monoisotopic (exact) mass is 1200 g/mol. The molecule has 14 nitrogen and oxygen atoms in total. The minimum absolute atomic E-state index is 0.0250. The smallest absolute Gasteiger partial charge is 0.338 e. The fourth-order valence-electron chi connectivity index (χ4n) is 11.6. The normalized spacial score (nSPS) is 22.2. The van der Waals surface area contributed by atoms with Crippen molar-refractivity contribution in [1.29, 1.82) is 0 Å². The molecule has 4 aliphatic rings. The lowest BCUT2D eigenvalue weighted by molar-refractivity contribution is -0.162. The average molecular weight is 1200 g/mol. The van der Waals surface area contributed by atoms with Gasteiger partial charge in [-0.05, 0) is 160 Å². The van der Waals surface area contributed by atoms with E-state index in [1.165, 1.54) is 0 Å². The predicted octanol–water partition coefficient (Wildman–Crippen LogP) is 14.7. The van der Waals surface area contributed by atoms with Crippen molar-refractivity contribution in [1.82, 2.24) is 0 Å². The van der Waals surface area contributed by atoms with E-state index in [1.807, 2.05) is 152 Å². The second kappa shape index (κ2) is 34.8. The molecule has 0 saturated heterocycles. The average Bonchev–Trinajstić information content (AvgIpc) is 2.73. The van der Waals surface area contributed by atoms with Crippen molar-refractivity contribution in [2.75, 3.05) is 0 Å². The van der Waals surface area contributed by atoms with Crippen LogP contribution in [0.3, 0.4) is 0 Å². The van der Waals surface area contributed by atoms with Crippen LogP contribution in [0.2, 0.25) is 0 Å². The number of hydrogen-bond donors (Lipinski definition) is 0. The Morgan fingerprint density at radius 2 is 0.500 bits per heavy atom. The van der Waals surface area contributed by atoms with Crippen molar-refractivity contribution in [2.24, 2.45) is 41.4 Å². The van der Waals surface area contributed by atoms with Crippen LogP contribution in [0.15, 0.2) is 176 Å². The highest BCUT2D eigenvalue weighted by Crippen LogP contribution is 2.37. The molecule has 0 aromatic heterocycles. The number of carbonyl (C=O) groups excluding carboxylic acids is 7. The van der Waals surface area contributed by atoms with E-state index >= 15 is 0 Å². The van der Waals surface area contributed by atoms with Gasteiger partial charge in [-0.1, -0.05) is 166 Å². The fourth-order valence-corrected chi connectivity index (χ4v) is 11.6. The van der Waals surface area contributed by atoms with Gasteiger partial charge in [-0.15, -0.1) is 0 Å². The lowest BCUT2D eigenvalue weighted by Crippen LogP contribution is -2.37. The van der Waals surface area contributed by atoms with E-state index in [0.29, 0.717) is 50.0 Å². The van der Waals surface area contributed by atoms with E-state index in [-0.39, 0.29) is 87.0 Å². The third-order valence-corrected chi connectivity index (χ3v) is 17.1. The highest BCUT2D eigenvalue weighted by Gasteiger charge is 2.41. The summed E-state index contributed by atoms with van der Waals surface area (Å²) in [6, 6.07) is 54.2. The van der Waals surface area contributed by atoms with Crippen molar-refractivity contribution in [3.05, 3.63) is 215 Å². The number of ether oxygens (including phenoxy) is 7. The third kappa shape index (κ3) is 21.8. The van der Waals surface area contributed by atoms with Gasteiger partial charge in [-0.25, -0.2) is 9.59 Å². The third-order valence-electron chi connectivity index (χ3n) is 17.1. The number of benzene rings is 6. The summed E-state index contributed by atoms with van der Waals surface area (Å²) in [7, 11) is 0. The maximum Gasteiger partial charge on any atom is 0.338 e. The van der Waals surface area contributed by atoms with Gasteiger partial charge in [0.1, 0.15) is 45.2 Å². The summed E-state index contributed by atoms with van der Waals surface area (Å²) in [5.74, 6) is -2.73. The van der Waals surface area contributed by atoms with Gasteiger partial charge < -0.3 is 33.2 Å². The zero-order chi connectivity index (χ0) is 61.9. The molecule has 14 heteroatoms. The van der Waals surface area contributed by atoms with Gasteiger partial charge in [0.15, 0.2) is 0 Å². The molecule has 4 saturated carbocycles. The first-order valence-corrected chi connectivity index (χ1v) is 31.4. The summed E-state index contributed by atoms with van der Waals surface area (Å²) >= 11 is 0. The van der Waals surface area contributed by atoms with Crippen LogP contribution in [0.5, 0.6) is 0 Å². The molecular weight excluding hydrogens is 1110 g/mol. The molecule has 464 valence electrons. The predicted molar refractivity (Wildman–Crippen MR) is 331 cm³/mol. The van der Waals surface area contributed by atoms with Gasteiger partial charge in [0.2, 0.25) is 0 Å². The molecule has 0 aliphatic heterocycles. The van der Waals surface area contributed by atoms with E-state index < -0.39 is 35.7 Å². The van der Waals surface area contributed by atoms with Gasteiger partial charge in [-0.3, -0.25) is 24.0 Å². The standard InChI is InChI=1S/C30H30O6.C22H30O4.C22H24O4/c31-28(34-19-22-10-4-1-5-11-22)25-16-26(29(32)35-20-23-12-6-2-7-13-23)18-27(17-25)30(33)36-21-24-14-8-3-9-15-24;1-15-3-11-19(12-4-15)25-21(23)17-7-9-18(10-8-17)22(24)26-20-13-5-16(2)6-14-20;23-21(25-15-17-7-3-1-4-8-17)19-11-13-20(14-12-19)22(24)26-16-18-9-5-2-6-10-18/h1-15,25-27H,16-21H2;7-10,15-16,19-20H,3-6,11-14H2,1-2H3;1-10,19-20H,11-16H2. The molecule has 4 aliphatic carbocycles. The number of hydrogen-bond acceptors (Lipinski definition) is 14. The minimum Gasteiger partial charge on any atom is -0.461 e. The fraction of sp³-hybridized carbons (Fsp3) is 0.419. The Balaban J connectivity index is 0.000000175. The Hall–Kier alpha value is -8.39. The van der Waals surface area contributed by atoms with Crippen LogP contribution in [0.4, 0.5) is 0 Å². The van der Waals surface area contributed by atoms with E-state index in [2.05, 4.69) is 13.8 Å². The quantitative estimate of drug-likeness (QED) is 0.0551. The molecule has 6 aromatic carbocycles. The minimum atomic E-state index is -0.592. The first-order chi connectivity index (χ1) is 42.8. The van der Waals surface area contributed by atoms with Gasteiger partial charge in [0.05, 0.1) is 40.7 Å². The topological polar surface area (TPSA) is 184 Å². The number of carbonyl (C=O) groups is 7. The molecule has 0 bridgehead atoms. The summed E-state index contributed by atoms with van der Waals surface area (Å²) < 4.78 is 38.6. The van der Waals surface area contributed by atoms with E-state index in [4.69, 9.17) is 33.2 Å². The molecule has 88 heavy (non-hydrogen) atoms. The summed E-state index contributed by atoms with van der Waals surface area (Å²) in [5, 5.41) is 0. The van der Waals surface area contributed by atoms with Crippen LogP contribution >= 0.6 is 0 Å². The second-order valence-corrected chi connectivity index (χ2v) is 24.0. The SMILES string of the molecule is CC1CCC(OC(=O)c2ccc(C(=O)OC3CCC(C)CC3)cc2)CC1.O=C(OCc1ccccc1)C1CC(C(=O)OCc2ccccc2)CC(C(=O)OCc2ccccc2)C1.O=C(OCc1ccccc1)C1CCC(C(=O)OCc2ccccc2)CC1. The molecular formula is C74H84O14. The molecule has 0 atom stereocenters. The number of rotatable bonds is 19. The molecule has 6 aromatic rings. The van der Waals surface area contributed by atoms with Crippen LogP contribution in [0.25, 0.3) is 0 Å². The first-order valence-electron chi connectivity index (χ1n) is 31.4. The molecule has 0 spiro atoms. The molecule has 0 unspecified atom stereocenters. The van der Waals surface area contributed by atoms with Crippen LogP contribution in [-0.4, -0.2) is 54.0 Å². The Labute approximate surface area is 517 Å². The van der Waals surface area contributed by atoms with Crippen molar-refractivity contribution in [3.8, 4) is 0 Å². The number of esters is 7. The second-order valence-electron chi connectivity index (χ2n) is 24.0. The van der Waals surface area contributed by atoms with Crippen molar-refractivity contribution in [3.63, 3.8) is 0 Å². The summed E-state index contributed by atoms with van der Waals surface area (Å²) in [6.45, 7) is 5.51. The molecule has 0 amide bonds. The van der Waals surface area contributed by atoms with E-state index in [1.54, 1.807) is 24.3 Å². The van der Waals surface area contributed by atoms with E-state index in [0.717, 1.165) is 91.0 Å².